The SMILES string of the molecule is COC(=O)Cc1ccccc1CNCCC1CCCCC1. The summed E-state index contributed by atoms with van der Waals surface area (Å²) in [7, 11) is 1.44. The molecule has 0 aromatic heterocycles. The van der Waals surface area contributed by atoms with Crippen molar-refractivity contribution in [3.05, 3.63) is 35.4 Å². The van der Waals surface area contributed by atoms with Crippen molar-refractivity contribution in [3.63, 3.8) is 0 Å². The number of carbonyl (C=O) groups is 1. The Morgan fingerprint density at radius 1 is 1.19 bits per heavy atom. The molecule has 1 fully saturated rings. The number of hydrogen-bond acceptors (Lipinski definition) is 3. The van der Waals surface area contributed by atoms with Gasteiger partial charge in [-0.05, 0) is 30.0 Å². The normalized spacial score (nSPS) is 15.9. The molecule has 0 bridgehead atoms. The lowest BCUT2D eigenvalue weighted by atomic mass is 9.87. The van der Waals surface area contributed by atoms with Crippen molar-refractivity contribution in [3.8, 4) is 0 Å². The lowest BCUT2D eigenvalue weighted by Crippen LogP contribution is -2.20. The maximum absolute atomic E-state index is 11.4. The van der Waals surface area contributed by atoms with Crippen LogP contribution in [0.5, 0.6) is 0 Å². The number of methoxy groups -OCH3 is 1. The van der Waals surface area contributed by atoms with Gasteiger partial charge in [-0.15, -0.1) is 0 Å². The van der Waals surface area contributed by atoms with E-state index in [9.17, 15) is 4.79 Å². The molecule has 1 aliphatic carbocycles. The highest BCUT2D eigenvalue weighted by Gasteiger charge is 2.13. The van der Waals surface area contributed by atoms with E-state index in [1.165, 1.54) is 51.2 Å². The Bertz CT molecular complexity index is 439. The first kappa shape index (κ1) is 16.0. The number of esters is 1. The van der Waals surface area contributed by atoms with Crippen LogP contribution in [0.4, 0.5) is 0 Å². The standard InChI is InChI=1S/C18H27NO2/c1-21-18(20)13-16-9-5-6-10-17(16)14-19-12-11-15-7-3-2-4-8-15/h5-6,9-10,15,19H,2-4,7-8,11-14H2,1H3. The fourth-order valence-corrected chi connectivity index (χ4v) is 3.14. The van der Waals surface area contributed by atoms with Crippen LogP contribution in [-0.4, -0.2) is 19.6 Å². The Morgan fingerprint density at radius 3 is 2.62 bits per heavy atom. The molecule has 2 rings (SSSR count). The van der Waals surface area contributed by atoms with Crippen molar-refractivity contribution in [2.45, 2.75) is 51.5 Å². The van der Waals surface area contributed by atoms with E-state index in [4.69, 9.17) is 4.74 Å². The Morgan fingerprint density at radius 2 is 1.90 bits per heavy atom. The Balaban J connectivity index is 1.75. The highest BCUT2D eigenvalue weighted by molar-refractivity contribution is 5.72. The Kier molecular flexibility index (Phi) is 6.74. The van der Waals surface area contributed by atoms with E-state index in [1.807, 2.05) is 18.2 Å². The summed E-state index contributed by atoms with van der Waals surface area (Å²) in [5.74, 6) is 0.737. The largest absolute Gasteiger partial charge is 0.469 e. The van der Waals surface area contributed by atoms with Crippen LogP contribution in [-0.2, 0) is 22.5 Å². The molecule has 0 amide bonds. The van der Waals surface area contributed by atoms with Gasteiger partial charge in [0.15, 0.2) is 0 Å². The van der Waals surface area contributed by atoms with Gasteiger partial charge in [0.05, 0.1) is 13.5 Å². The molecule has 1 saturated carbocycles. The van der Waals surface area contributed by atoms with E-state index in [1.54, 1.807) is 0 Å². The molecule has 0 heterocycles. The summed E-state index contributed by atoms with van der Waals surface area (Å²) in [6, 6.07) is 8.10. The molecule has 1 N–H and O–H groups in total. The molecule has 0 spiro atoms. The summed E-state index contributed by atoms with van der Waals surface area (Å²) < 4.78 is 4.75. The molecule has 0 unspecified atom stereocenters. The summed E-state index contributed by atoms with van der Waals surface area (Å²) in [6.45, 7) is 1.90. The molecule has 0 saturated heterocycles. The molecule has 0 aliphatic heterocycles. The molecule has 3 heteroatoms. The van der Waals surface area contributed by atoms with E-state index < -0.39 is 0 Å². The third kappa shape index (κ3) is 5.50. The maximum atomic E-state index is 11.4. The second-order valence-electron chi connectivity index (χ2n) is 5.99. The molecule has 0 atom stereocenters. The van der Waals surface area contributed by atoms with Crippen LogP contribution in [0, 0.1) is 5.92 Å². The van der Waals surface area contributed by atoms with Crippen molar-refractivity contribution < 1.29 is 9.53 Å². The topological polar surface area (TPSA) is 38.3 Å². The van der Waals surface area contributed by atoms with Gasteiger partial charge in [-0.25, -0.2) is 0 Å². The van der Waals surface area contributed by atoms with E-state index in [0.29, 0.717) is 6.42 Å². The molecule has 0 radical (unpaired) electrons. The zero-order chi connectivity index (χ0) is 14.9. The molecule has 116 valence electrons. The van der Waals surface area contributed by atoms with Crippen molar-refractivity contribution >= 4 is 5.97 Å². The number of hydrogen-bond donors (Lipinski definition) is 1. The quantitative estimate of drug-likeness (QED) is 0.617. The van der Waals surface area contributed by atoms with Gasteiger partial charge in [-0.3, -0.25) is 4.79 Å². The summed E-state index contributed by atoms with van der Waals surface area (Å²) in [5.41, 5.74) is 2.26. The molecule has 1 aliphatic rings. The lowest BCUT2D eigenvalue weighted by molar-refractivity contribution is -0.139. The molecule has 3 nitrogen and oxygen atoms in total. The predicted molar refractivity (Wildman–Crippen MR) is 85.1 cm³/mol. The van der Waals surface area contributed by atoms with Gasteiger partial charge in [-0.1, -0.05) is 56.4 Å². The van der Waals surface area contributed by atoms with Crippen molar-refractivity contribution in [2.24, 2.45) is 5.92 Å². The van der Waals surface area contributed by atoms with Gasteiger partial charge in [0.25, 0.3) is 0 Å². The third-order valence-corrected chi connectivity index (χ3v) is 4.45. The first-order chi connectivity index (χ1) is 10.3. The van der Waals surface area contributed by atoms with Crippen LogP contribution in [0.2, 0.25) is 0 Å². The fourth-order valence-electron chi connectivity index (χ4n) is 3.14. The fraction of sp³-hybridized carbons (Fsp3) is 0.611. The predicted octanol–water partition coefficient (Wildman–Crippen LogP) is 3.46. The van der Waals surface area contributed by atoms with E-state index in [-0.39, 0.29) is 5.97 Å². The Labute approximate surface area is 128 Å². The minimum absolute atomic E-state index is 0.176. The lowest BCUT2D eigenvalue weighted by Gasteiger charge is -2.21. The molecule has 1 aromatic rings. The van der Waals surface area contributed by atoms with Gasteiger partial charge in [0.2, 0.25) is 0 Å². The smallest absolute Gasteiger partial charge is 0.309 e. The van der Waals surface area contributed by atoms with Crippen molar-refractivity contribution in [1.82, 2.24) is 5.32 Å². The highest BCUT2D eigenvalue weighted by Crippen LogP contribution is 2.25. The summed E-state index contributed by atoms with van der Waals surface area (Å²) in [5, 5.41) is 3.53. The average Bonchev–Trinajstić information content (AvgIpc) is 2.54. The number of rotatable bonds is 7. The summed E-state index contributed by atoms with van der Waals surface area (Å²) in [4.78, 5) is 11.4. The van der Waals surface area contributed by atoms with E-state index >= 15 is 0 Å². The van der Waals surface area contributed by atoms with Crippen LogP contribution in [0.15, 0.2) is 24.3 Å². The number of nitrogens with one attached hydrogen (secondary N) is 1. The molecule has 1 aromatic carbocycles. The van der Waals surface area contributed by atoms with Crippen LogP contribution in [0.1, 0.15) is 49.7 Å². The zero-order valence-corrected chi connectivity index (χ0v) is 13.1. The van der Waals surface area contributed by atoms with Crippen LogP contribution < -0.4 is 5.32 Å². The van der Waals surface area contributed by atoms with Crippen LogP contribution >= 0.6 is 0 Å². The number of carbonyl (C=O) groups excluding carboxylic acids is 1. The third-order valence-electron chi connectivity index (χ3n) is 4.45. The maximum Gasteiger partial charge on any atom is 0.309 e. The second kappa shape index (κ2) is 8.83. The van der Waals surface area contributed by atoms with Crippen LogP contribution in [0.25, 0.3) is 0 Å². The Hall–Kier alpha value is -1.35. The first-order valence-corrected chi connectivity index (χ1v) is 8.14. The minimum Gasteiger partial charge on any atom is -0.469 e. The average molecular weight is 289 g/mol. The monoisotopic (exact) mass is 289 g/mol. The minimum atomic E-state index is -0.176. The summed E-state index contributed by atoms with van der Waals surface area (Å²) >= 11 is 0. The second-order valence-corrected chi connectivity index (χ2v) is 5.99. The molecular formula is C18H27NO2. The van der Waals surface area contributed by atoms with Gasteiger partial charge in [-0.2, -0.15) is 0 Å². The number of ether oxygens (including phenoxy) is 1. The van der Waals surface area contributed by atoms with Crippen molar-refractivity contribution in [1.29, 1.82) is 0 Å². The molecular weight excluding hydrogens is 262 g/mol. The summed E-state index contributed by atoms with van der Waals surface area (Å²) in [6.07, 6.45) is 8.68. The van der Waals surface area contributed by atoms with Crippen molar-refractivity contribution in [2.75, 3.05) is 13.7 Å². The molecule has 21 heavy (non-hydrogen) atoms. The van der Waals surface area contributed by atoms with Gasteiger partial charge >= 0.3 is 5.97 Å². The van der Waals surface area contributed by atoms with Gasteiger partial charge < -0.3 is 10.1 Å². The number of benzene rings is 1. The van der Waals surface area contributed by atoms with Crippen LogP contribution in [0.3, 0.4) is 0 Å². The first-order valence-electron chi connectivity index (χ1n) is 8.14. The van der Waals surface area contributed by atoms with E-state index in [0.717, 1.165) is 24.6 Å². The van der Waals surface area contributed by atoms with Gasteiger partial charge in [0.1, 0.15) is 0 Å². The van der Waals surface area contributed by atoms with E-state index in [2.05, 4.69) is 11.4 Å². The highest BCUT2D eigenvalue weighted by atomic mass is 16.5. The zero-order valence-electron chi connectivity index (χ0n) is 13.1. The van der Waals surface area contributed by atoms with Gasteiger partial charge in [0, 0.05) is 6.54 Å².